The van der Waals surface area contributed by atoms with E-state index < -0.39 is 0 Å². The fraction of sp³-hybridized carbons (Fsp3) is 0.357. The van der Waals surface area contributed by atoms with Gasteiger partial charge in [0, 0.05) is 19.5 Å². The average molecular weight is 215 g/mol. The zero-order valence-electron chi connectivity index (χ0n) is 9.62. The standard InChI is InChI=1S/C14H17NO/c1-10(2)7-14(16)13-9-15-8-11-5-3-4-6-12(11)13/h3-6,13,15H,1,7-9H2,2H3. The molecule has 1 aliphatic heterocycles. The minimum Gasteiger partial charge on any atom is -0.312 e. The predicted octanol–water partition coefficient (Wildman–Crippen LogP) is 2.41. The topological polar surface area (TPSA) is 29.1 Å². The molecule has 1 aromatic rings. The molecule has 0 aromatic heterocycles. The molecule has 1 aromatic carbocycles. The highest BCUT2D eigenvalue weighted by Gasteiger charge is 2.25. The predicted molar refractivity (Wildman–Crippen MR) is 65.3 cm³/mol. The molecule has 0 radical (unpaired) electrons. The van der Waals surface area contributed by atoms with Gasteiger partial charge in [0.15, 0.2) is 0 Å². The second-order valence-electron chi connectivity index (χ2n) is 4.48. The Morgan fingerprint density at radius 2 is 2.25 bits per heavy atom. The Morgan fingerprint density at radius 3 is 3.00 bits per heavy atom. The SMILES string of the molecule is C=C(C)CC(=O)C1CNCc2ccccc21. The molecule has 2 nitrogen and oxygen atoms in total. The molecule has 1 atom stereocenters. The molecule has 0 spiro atoms. The van der Waals surface area contributed by atoms with Crippen molar-refractivity contribution < 1.29 is 4.79 Å². The van der Waals surface area contributed by atoms with Crippen LogP contribution in [0, 0.1) is 0 Å². The first-order valence-electron chi connectivity index (χ1n) is 5.64. The van der Waals surface area contributed by atoms with E-state index in [0.29, 0.717) is 6.42 Å². The normalized spacial score (nSPS) is 18.9. The lowest BCUT2D eigenvalue weighted by Crippen LogP contribution is -2.32. The zero-order chi connectivity index (χ0) is 11.5. The number of rotatable bonds is 3. The molecule has 1 heterocycles. The van der Waals surface area contributed by atoms with Gasteiger partial charge in [-0.3, -0.25) is 4.79 Å². The van der Waals surface area contributed by atoms with Crippen molar-refractivity contribution in [3.63, 3.8) is 0 Å². The van der Waals surface area contributed by atoms with Crippen molar-refractivity contribution in [1.29, 1.82) is 0 Å². The van der Waals surface area contributed by atoms with Crippen LogP contribution in [0.4, 0.5) is 0 Å². The van der Waals surface area contributed by atoms with Gasteiger partial charge in [0.1, 0.15) is 5.78 Å². The van der Waals surface area contributed by atoms with Gasteiger partial charge in [-0.1, -0.05) is 36.4 Å². The molecular formula is C14H17NO. The fourth-order valence-corrected chi connectivity index (χ4v) is 2.20. The van der Waals surface area contributed by atoms with Crippen LogP contribution in [0.25, 0.3) is 0 Å². The second-order valence-corrected chi connectivity index (χ2v) is 4.48. The Labute approximate surface area is 96.4 Å². The van der Waals surface area contributed by atoms with Crippen LogP contribution in [0.1, 0.15) is 30.4 Å². The number of hydrogen-bond donors (Lipinski definition) is 1. The lowest BCUT2D eigenvalue weighted by Gasteiger charge is -2.25. The number of allylic oxidation sites excluding steroid dienone is 1. The van der Waals surface area contributed by atoms with Gasteiger partial charge in [-0.25, -0.2) is 0 Å². The van der Waals surface area contributed by atoms with Gasteiger partial charge in [0.05, 0.1) is 5.92 Å². The van der Waals surface area contributed by atoms with Crippen LogP contribution in [0.3, 0.4) is 0 Å². The van der Waals surface area contributed by atoms with E-state index in [1.54, 1.807) is 0 Å². The first kappa shape index (κ1) is 11.1. The van der Waals surface area contributed by atoms with Crippen LogP contribution < -0.4 is 5.32 Å². The highest BCUT2D eigenvalue weighted by atomic mass is 16.1. The van der Waals surface area contributed by atoms with Crippen molar-refractivity contribution in [3.8, 4) is 0 Å². The fourth-order valence-electron chi connectivity index (χ4n) is 2.20. The lowest BCUT2D eigenvalue weighted by molar-refractivity contribution is -0.119. The second kappa shape index (κ2) is 4.62. The summed E-state index contributed by atoms with van der Waals surface area (Å²) >= 11 is 0. The number of Topliss-reactive ketones (excluding diaryl/α,β-unsaturated/α-hetero) is 1. The van der Waals surface area contributed by atoms with Crippen LogP contribution in [0.5, 0.6) is 0 Å². The smallest absolute Gasteiger partial charge is 0.145 e. The Balaban J connectivity index is 2.24. The molecule has 2 rings (SSSR count). The monoisotopic (exact) mass is 215 g/mol. The number of ketones is 1. The molecule has 1 aliphatic rings. The van der Waals surface area contributed by atoms with Crippen molar-refractivity contribution in [2.45, 2.75) is 25.8 Å². The lowest BCUT2D eigenvalue weighted by atomic mass is 9.86. The highest BCUT2D eigenvalue weighted by molar-refractivity contribution is 5.88. The van der Waals surface area contributed by atoms with Gasteiger partial charge in [-0.2, -0.15) is 0 Å². The van der Waals surface area contributed by atoms with E-state index in [1.807, 2.05) is 19.1 Å². The van der Waals surface area contributed by atoms with Gasteiger partial charge >= 0.3 is 0 Å². The molecule has 1 unspecified atom stereocenters. The van der Waals surface area contributed by atoms with Crippen molar-refractivity contribution >= 4 is 5.78 Å². The first-order valence-corrected chi connectivity index (χ1v) is 5.64. The molecular weight excluding hydrogens is 198 g/mol. The molecule has 0 bridgehead atoms. The number of fused-ring (bicyclic) bond motifs is 1. The number of benzene rings is 1. The summed E-state index contributed by atoms with van der Waals surface area (Å²) in [7, 11) is 0. The molecule has 0 aliphatic carbocycles. The third-order valence-corrected chi connectivity index (χ3v) is 2.96. The van der Waals surface area contributed by atoms with E-state index >= 15 is 0 Å². The van der Waals surface area contributed by atoms with E-state index in [2.05, 4.69) is 24.0 Å². The van der Waals surface area contributed by atoms with Gasteiger partial charge in [-0.15, -0.1) is 0 Å². The van der Waals surface area contributed by atoms with Crippen LogP contribution in [-0.4, -0.2) is 12.3 Å². The zero-order valence-corrected chi connectivity index (χ0v) is 9.62. The molecule has 0 saturated heterocycles. The van der Waals surface area contributed by atoms with E-state index in [0.717, 1.165) is 18.7 Å². The van der Waals surface area contributed by atoms with Crippen molar-refractivity contribution in [2.24, 2.45) is 0 Å². The number of carbonyl (C=O) groups excluding carboxylic acids is 1. The number of carbonyl (C=O) groups is 1. The Morgan fingerprint density at radius 1 is 1.50 bits per heavy atom. The molecule has 0 fully saturated rings. The third-order valence-electron chi connectivity index (χ3n) is 2.96. The van der Waals surface area contributed by atoms with Crippen LogP contribution in [0.15, 0.2) is 36.4 Å². The summed E-state index contributed by atoms with van der Waals surface area (Å²) in [4.78, 5) is 12.1. The van der Waals surface area contributed by atoms with E-state index in [9.17, 15) is 4.79 Å². The summed E-state index contributed by atoms with van der Waals surface area (Å²) in [5.74, 6) is 0.272. The average Bonchev–Trinajstić information content (AvgIpc) is 2.27. The Hall–Kier alpha value is -1.41. The number of nitrogens with one attached hydrogen (secondary N) is 1. The molecule has 0 saturated carbocycles. The van der Waals surface area contributed by atoms with E-state index in [1.165, 1.54) is 11.1 Å². The van der Waals surface area contributed by atoms with Gasteiger partial charge < -0.3 is 5.32 Å². The molecule has 0 amide bonds. The maximum Gasteiger partial charge on any atom is 0.145 e. The van der Waals surface area contributed by atoms with E-state index in [4.69, 9.17) is 0 Å². The minimum absolute atomic E-state index is 0.00153. The third kappa shape index (κ3) is 2.22. The minimum atomic E-state index is 0.00153. The summed E-state index contributed by atoms with van der Waals surface area (Å²) in [5, 5.41) is 3.29. The van der Waals surface area contributed by atoms with Gasteiger partial charge in [-0.05, 0) is 18.1 Å². The Bertz CT molecular complexity index is 422. The highest BCUT2D eigenvalue weighted by Crippen LogP contribution is 2.26. The largest absolute Gasteiger partial charge is 0.312 e. The maximum absolute atomic E-state index is 12.1. The van der Waals surface area contributed by atoms with Crippen LogP contribution >= 0.6 is 0 Å². The summed E-state index contributed by atoms with van der Waals surface area (Å²) < 4.78 is 0. The van der Waals surface area contributed by atoms with Crippen molar-refractivity contribution in [2.75, 3.05) is 6.54 Å². The molecule has 2 heteroatoms. The van der Waals surface area contributed by atoms with Crippen molar-refractivity contribution in [1.82, 2.24) is 5.32 Å². The summed E-state index contributed by atoms with van der Waals surface area (Å²) in [6, 6.07) is 8.18. The van der Waals surface area contributed by atoms with Gasteiger partial charge in [0.2, 0.25) is 0 Å². The summed E-state index contributed by atoms with van der Waals surface area (Å²) in [6.45, 7) is 7.33. The van der Waals surface area contributed by atoms with Crippen LogP contribution in [-0.2, 0) is 11.3 Å². The first-order chi connectivity index (χ1) is 7.68. The van der Waals surface area contributed by atoms with E-state index in [-0.39, 0.29) is 11.7 Å². The summed E-state index contributed by atoms with van der Waals surface area (Å²) in [5.41, 5.74) is 3.37. The maximum atomic E-state index is 12.1. The molecule has 84 valence electrons. The van der Waals surface area contributed by atoms with Gasteiger partial charge in [0.25, 0.3) is 0 Å². The van der Waals surface area contributed by atoms with Crippen LogP contribution in [0.2, 0.25) is 0 Å². The quantitative estimate of drug-likeness (QED) is 0.784. The molecule has 1 N–H and O–H groups in total. The Kier molecular flexibility index (Phi) is 3.20. The molecule has 16 heavy (non-hydrogen) atoms. The number of hydrogen-bond acceptors (Lipinski definition) is 2. The van der Waals surface area contributed by atoms with Crippen molar-refractivity contribution in [3.05, 3.63) is 47.5 Å². The summed E-state index contributed by atoms with van der Waals surface area (Å²) in [6.07, 6.45) is 0.487.